The highest BCUT2D eigenvalue weighted by Gasteiger charge is 2.00. The maximum absolute atomic E-state index is 5.78. The van der Waals surface area contributed by atoms with Crippen LogP contribution in [0.25, 0.3) is 0 Å². The van der Waals surface area contributed by atoms with E-state index in [-0.39, 0.29) is 0 Å². The maximum Gasteiger partial charge on any atom is 0.191 e. The second kappa shape index (κ2) is 8.88. The summed E-state index contributed by atoms with van der Waals surface area (Å²) in [4.78, 5) is 4.23. The number of aromatic nitrogens is 1. The zero-order valence-corrected chi connectivity index (χ0v) is 14.2. The molecule has 5 nitrogen and oxygen atoms in total. The first-order valence-corrected chi connectivity index (χ1v) is 7.93. The van der Waals surface area contributed by atoms with Crippen LogP contribution in [0.4, 0.5) is 0 Å². The van der Waals surface area contributed by atoms with Gasteiger partial charge in [0, 0.05) is 39.6 Å². The predicted molar refractivity (Wildman–Crippen MR) is 94.9 cm³/mol. The van der Waals surface area contributed by atoms with Crippen molar-refractivity contribution in [3.05, 3.63) is 53.9 Å². The van der Waals surface area contributed by atoms with Crippen LogP contribution >= 0.6 is 0 Å². The van der Waals surface area contributed by atoms with Crippen molar-refractivity contribution in [3.8, 4) is 5.75 Å². The topological polar surface area (TPSA) is 50.6 Å². The van der Waals surface area contributed by atoms with Crippen molar-refractivity contribution < 1.29 is 4.74 Å². The van der Waals surface area contributed by atoms with Crippen molar-refractivity contribution in [2.75, 3.05) is 20.2 Å². The van der Waals surface area contributed by atoms with Crippen LogP contribution in [0, 0.1) is 6.92 Å². The molecule has 0 fully saturated rings. The average Bonchev–Trinajstić information content (AvgIpc) is 2.97. The summed E-state index contributed by atoms with van der Waals surface area (Å²) >= 11 is 0. The summed E-state index contributed by atoms with van der Waals surface area (Å²) in [5.74, 6) is 1.77. The van der Waals surface area contributed by atoms with E-state index in [0.29, 0.717) is 6.61 Å². The van der Waals surface area contributed by atoms with Gasteiger partial charge in [-0.2, -0.15) is 0 Å². The summed E-state index contributed by atoms with van der Waals surface area (Å²) in [6, 6.07) is 10.2. The van der Waals surface area contributed by atoms with Gasteiger partial charge in [-0.05, 0) is 36.6 Å². The minimum absolute atomic E-state index is 0.688. The molecule has 124 valence electrons. The first-order valence-electron chi connectivity index (χ1n) is 7.93. The number of para-hydroxylation sites is 1. The fourth-order valence-electron chi connectivity index (χ4n) is 2.25. The molecule has 1 aromatic carbocycles. The molecular formula is C18H26N4O. The van der Waals surface area contributed by atoms with Gasteiger partial charge in [0.05, 0.1) is 6.61 Å². The SMILES string of the molecule is CN=C(NCCCOc1ccccc1C)NCc1ccn(C)c1. The Kier molecular flexibility index (Phi) is 6.54. The van der Waals surface area contributed by atoms with Crippen LogP contribution in [-0.4, -0.2) is 30.7 Å². The van der Waals surface area contributed by atoms with Crippen molar-refractivity contribution in [2.45, 2.75) is 19.9 Å². The fourth-order valence-corrected chi connectivity index (χ4v) is 2.25. The summed E-state index contributed by atoms with van der Waals surface area (Å²) in [5, 5.41) is 6.60. The first-order chi connectivity index (χ1) is 11.2. The third kappa shape index (κ3) is 5.70. The minimum atomic E-state index is 0.688. The smallest absolute Gasteiger partial charge is 0.191 e. The number of aliphatic imine (C=N–C) groups is 1. The molecule has 1 aromatic heterocycles. The van der Waals surface area contributed by atoms with E-state index >= 15 is 0 Å². The lowest BCUT2D eigenvalue weighted by Gasteiger charge is -2.12. The highest BCUT2D eigenvalue weighted by Crippen LogP contribution is 2.15. The highest BCUT2D eigenvalue weighted by molar-refractivity contribution is 5.79. The summed E-state index contributed by atoms with van der Waals surface area (Å²) in [6.07, 6.45) is 5.05. The molecule has 0 bridgehead atoms. The average molecular weight is 314 g/mol. The van der Waals surface area contributed by atoms with E-state index in [1.165, 1.54) is 11.1 Å². The molecule has 2 N–H and O–H groups in total. The predicted octanol–water partition coefficient (Wildman–Crippen LogP) is 2.47. The molecule has 0 aliphatic heterocycles. The van der Waals surface area contributed by atoms with E-state index in [1.807, 2.05) is 36.0 Å². The molecule has 0 saturated heterocycles. The summed E-state index contributed by atoms with van der Waals surface area (Å²) in [6.45, 7) is 4.33. The Hall–Kier alpha value is -2.43. The molecule has 0 atom stereocenters. The van der Waals surface area contributed by atoms with Gasteiger partial charge < -0.3 is 19.9 Å². The van der Waals surface area contributed by atoms with E-state index in [2.05, 4.69) is 40.9 Å². The van der Waals surface area contributed by atoms with Crippen LogP contribution < -0.4 is 15.4 Å². The molecule has 5 heteroatoms. The van der Waals surface area contributed by atoms with Gasteiger partial charge in [-0.3, -0.25) is 4.99 Å². The zero-order valence-electron chi connectivity index (χ0n) is 14.2. The van der Waals surface area contributed by atoms with E-state index < -0.39 is 0 Å². The lowest BCUT2D eigenvalue weighted by atomic mass is 10.2. The van der Waals surface area contributed by atoms with Crippen LogP contribution in [0.5, 0.6) is 5.75 Å². The number of hydrogen-bond donors (Lipinski definition) is 2. The second-order valence-electron chi connectivity index (χ2n) is 5.51. The Bertz CT molecular complexity index is 633. The zero-order chi connectivity index (χ0) is 16.5. The van der Waals surface area contributed by atoms with Crippen molar-refractivity contribution in [1.82, 2.24) is 15.2 Å². The Morgan fingerprint density at radius 1 is 1.22 bits per heavy atom. The molecule has 0 aliphatic carbocycles. The van der Waals surface area contributed by atoms with Gasteiger partial charge in [-0.15, -0.1) is 0 Å². The van der Waals surface area contributed by atoms with Gasteiger partial charge >= 0.3 is 0 Å². The van der Waals surface area contributed by atoms with Gasteiger partial charge in [0.1, 0.15) is 5.75 Å². The molecule has 0 saturated carbocycles. The molecular weight excluding hydrogens is 288 g/mol. The second-order valence-corrected chi connectivity index (χ2v) is 5.51. The highest BCUT2D eigenvalue weighted by atomic mass is 16.5. The molecule has 0 unspecified atom stereocenters. The van der Waals surface area contributed by atoms with Crippen LogP contribution in [0.3, 0.4) is 0 Å². The Morgan fingerprint density at radius 3 is 2.74 bits per heavy atom. The lowest BCUT2D eigenvalue weighted by molar-refractivity contribution is 0.309. The van der Waals surface area contributed by atoms with Gasteiger partial charge in [-0.25, -0.2) is 0 Å². The number of benzene rings is 1. The number of nitrogens with zero attached hydrogens (tertiary/aromatic N) is 2. The fraction of sp³-hybridized carbons (Fsp3) is 0.389. The molecule has 0 amide bonds. The Labute approximate surface area is 138 Å². The number of guanidine groups is 1. The van der Waals surface area contributed by atoms with Crippen LogP contribution in [0.2, 0.25) is 0 Å². The van der Waals surface area contributed by atoms with Gasteiger partial charge in [0.2, 0.25) is 0 Å². The van der Waals surface area contributed by atoms with E-state index in [9.17, 15) is 0 Å². The summed E-state index contributed by atoms with van der Waals surface area (Å²) in [7, 11) is 3.80. The third-order valence-corrected chi connectivity index (χ3v) is 3.54. The summed E-state index contributed by atoms with van der Waals surface area (Å²) in [5.41, 5.74) is 2.40. The Balaban J connectivity index is 1.63. The number of ether oxygens (including phenoxy) is 1. The molecule has 2 rings (SSSR count). The number of nitrogens with one attached hydrogen (secondary N) is 2. The number of rotatable bonds is 7. The molecule has 1 heterocycles. The van der Waals surface area contributed by atoms with E-state index in [4.69, 9.17) is 4.74 Å². The molecule has 0 aliphatic rings. The molecule has 0 spiro atoms. The van der Waals surface area contributed by atoms with Crippen LogP contribution in [-0.2, 0) is 13.6 Å². The number of aryl methyl sites for hydroxylation is 2. The standard InChI is InChI=1S/C18H26N4O/c1-15-7-4-5-8-17(15)23-12-6-10-20-18(19-2)21-13-16-9-11-22(3)14-16/h4-5,7-9,11,14H,6,10,12-13H2,1-3H3,(H2,19,20,21). The van der Waals surface area contributed by atoms with Crippen molar-refractivity contribution in [2.24, 2.45) is 12.0 Å². The Morgan fingerprint density at radius 2 is 2.04 bits per heavy atom. The van der Waals surface area contributed by atoms with Crippen molar-refractivity contribution in [1.29, 1.82) is 0 Å². The van der Waals surface area contributed by atoms with Crippen LogP contribution in [0.1, 0.15) is 17.5 Å². The first kappa shape index (κ1) is 16.9. The molecule has 23 heavy (non-hydrogen) atoms. The quantitative estimate of drug-likeness (QED) is 0.469. The van der Waals surface area contributed by atoms with Crippen LogP contribution in [0.15, 0.2) is 47.7 Å². The molecule has 0 radical (unpaired) electrons. The van der Waals surface area contributed by atoms with Gasteiger partial charge in [0.15, 0.2) is 5.96 Å². The lowest BCUT2D eigenvalue weighted by Crippen LogP contribution is -2.37. The maximum atomic E-state index is 5.78. The van der Waals surface area contributed by atoms with E-state index in [0.717, 1.165) is 31.2 Å². The van der Waals surface area contributed by atoms with Crippen molar-refractivity contribution >= 4 is 5.96 Å². The largest absolute Gasteiger partial charge is 0.493 e. The third-order valence-electron chi connectivity index (χ3n) is 3.54. The monoisotopic (exact) mass is 314 g/mol. The molecule has 2 aromatic rings. The number of hydrogen-bond acceptors (Lipinski definition) is 2. The summed E-state index contributed by atoms with van der Waals surface area (Å²) < 4.78 is 7.82. The van der Waals surface area contributed by atoms with Gasteiger partial charge in [0.25, 0.3) is 0 Å². The van der Waals surface area contributed by atoms with Gasteiger partial charge in [-0.1, -0.05) is 18.2 Å². The minimum Gasteiger partial charge on any atom is -0.493 e. The van der Waals surface area contributed by atoms with Crippen molar-refractivity contribution in [3.63, 3.8) is 0 Å². The van der Waals surface area contributed by atoms with E-state index in [1.54, 1.807) is 7.05 Å². The normalized spacial score (nSPS) is 11.3.